The molecule has 1 aliphatic rings. The largest absolute Gasteiger partial charge is 0.396 e. The number of rotatable bonds is 5. The van der Waals surface area contributed by atoms with E-state index in [-0.39, 0.29) is 6.61 Å². The van der Waals surface area contributed by atoms with Crippen molar-refractivity contribution in [1.29, 1.82) is 0 Å². The molecule has 2 rings (SSSR count). The average molecular weight is 233 g/mol. The zero-order valence-corrected chi connectivity index (χ0v) is 10.5. The smallest absolute Gasteiger partial charge is 0.0471 e. The van der Waals surface area contributed by atoms with Gasteiger partial charge in [0.05, 0.1) is 0 Å². The van der Waals surface area contributed by atoms with Crippen molar-refractivity contribution in [3.8, 4) is 0 Å². The van der Waals surface area contributed by atoms with E-state index < -0.39 is 0 Å². The molecule has 1 saturated carbocycles. The molecule has 0 aliphatic heterocycles. The van der Waals surface area contributed by atoms with Crippen molar-refractivity contribution in [2.24, 2.45) is 5.92 Å². The highest BCUT2D eigenvalue weighted by atomic mass is 16.2. The monoisotopic (exact) mass is 233 g/mol. The minimum Gasteiger partial charge on any atom is -0.396 e. The fourth-order valence-electron chi connectivity index (χ4n) is 2.62. The van der Waals surface area contributed by atoms with Crippen LogP contribution in [0.2, 0.25) is 0 Å². The Morgan fingerprint density at radius 2 is 2.00 bits per heavy atom. The molecule has 0 heterocycles. The van der Waals surface area contributed by atoms with Gasteiger partial charge in [0.2, 0.25) is 0 Å². The molecule has 1 aromatic rings. The summed E-state index contributed by atoms with van der Waals surface area (Å²) < 4.78 is 0. The molecule has 0 saturated heterocycles. The predicted octanol–water partition coefficient (Wildman–Crippen LogP) is 3.21. The number of hydrogen-bond donors (Lipinski definition) is 2. The van der Waals surface area contributed by atoms with E-state index in [1.807, 2.05) is 0 Å². The highest BCUT2D eigenvalue weighted by Crippen LogP contribution is 2.24. The molecule has 2 heteroatoms. The first-order valence-corrected chi connectivity index (χ1v) is 6.82. The minimum absolute atomic E-state index is 0.228. The van der Waals surface area contributed by atoms with Crippen LogP contribution in [-0.2, 0) is 6.42 Å². The molecular weight excluding hydrogens is 210 g/mol. The quantitative estimate of drug-likeness (QED) is 0.818. The summed E-state index contributed by atoms with van der Waals surface area (Å²) in [4.78, 5) is 0. The van der Waals surface area contributed by atoms with E-state index in [1.165, 1.54) is 43.4 Å². The van der Waals surface area contributed by atoms with Crippen LogP contribution in [0.5, 0.6) is 0 Å². The summed E-state index contributed by atoms with van der Waals surface area (Å²) in [5, 5.41) is 12.5. The van der Waals surface area contributed by atoms with Gasteiger partial charge in [0.15, 0.2) is 0 Å². The lowest BCUT2D eigenvalue weighted by Crippen LogP contribution is -2.17. The Balaban J connectivity index is 1.83. The normalized spacial score (nSPS) is 17.0. The molecule has 0 bridgehead atoms. The van der Waals surface area contributed by atoms with Gasteiger partial charge < -0.3 is 10.4 Å². The van der Waals surface area contributed by atoms with Crippen LogP contribution >= 0.6 is 0 Å². The number of anilines is 1. The van der Waals surface area contributed by atoms with Gasteiger partial charge in [0.25, 0.3) is 0 Å². The van der Waals surface area contributed by atoms with Crippen LogP contribution in [0.4, 0.5) is 5.69 Å². The third kappa shape index (κ3) is 4.04. The van der Waals surface area contributed by atoms with Gasteiger partial charge in [-0.3, -0.25) is 0 Å². The fourth-order valence-corrected chi connectivity index (χ4v) is 2.62. The topological polar surface area (TPSA) is 32.3 Å². The van der Waals surface area contributed by atoms with Gasteiger partial charge in [-0.1, -0.05) is 31.4 Å². The van der Waals surface area contributed by atoms with Crippen molar-refractivity contribution in [3.63, 3.8) is 0 Å². The summed E-state index contributed by atoms with van der Waals surface area (Å²) in [7, 11) is 0. The van der Waals surface area contributed by atoms with Crippen molar-refractivity contribution in [1.82, 2.24) is 0 Å². The molecule has 0 spiro atoms. The van der Waals surface area contributed by atoms with Crippen molar-refractivity contribution < 1.29 is 5.11 Å². The van der Waals surface area contributed by atoms with Gasteiger partial charge >= 0.3 is 0 Å². The van der Waals surface area contributed by atoms with Crippen molar-refractivity contribution >= 4 is 5.69 Å². The maximum Gasteiger partial charge on any atom is 0.0471 e. The standard InChI is InChI=1S/C15H23NO/c17-10-9-13-7-4-8-15(11-13)16-12-14-5-2-1-3-6-14/h4,7-8,11,14,16-17H,1-3,5-6,9-10,12H2. The lowest BCUT2D eigenvalue weighted by molar-refractivity contribution is 0.299. The van der Waals surface area contributed by atoms with E-state index in [0.717, 1.165) is 18.9 Å². The predicted molar refractivity (Wildman–Crippen MR) is 72.3 cm³/mol. The van der Waals surface area contributed by atoms with E-state index in [0.29, 0.717) is 0 Å². The Bertz CT molecular complexity index is 331. The highest BCUT2D eigenvalue weighted by molar-refractivity contribution is 5.45. The Morgan fingerprint density at radius 1 is 1.18 bits per heavy atom. The van der Waals surface area contributed by atoms with E-state index in [1.54, 1.807) is 0 Å². The van der Waals surface area contributed by atoms with Gasteiger partial charge in [-0.15, -0.1) is 0 Å². The first-order valence-electron chi connectivity index (χ1n) is 6.82. The van der Waals surface area contributed by atoms with Gasteiger partial charge in [0.1, 0.15) is 0 Å². The van der Waals surface area contributed by atoms with Crippen LogP contribution in [0.1, 0.15) is 37.7 Å². The maximum absolute atomic E-state index is 8.92. The molecule has 17 heavy (non-hydrogen) atoms. The lowest BCUT2D eigenvalue weighted by atomic mass is 9.89. The van der Waals surface area contributed by atoms with Crippen molar-refractivity contribution in [2.45, 2.75) is 38.5 Å². The van der Waals surface area contributed by atoms with E-state index >= 15 is 0 Å². The molecule has 2 N–H and O–H groups in total. The second-order valence-electron chi connectivity index (χ2n) is 5.06. The fraction of sp³-hybridized carbons (Fsp3) is 0.600. The molecule has 94 valence electrons. The molecule has 0 aromatic heterocycles. The molecule has 0 amide bonds. The first kappa shape index (κ1) is 12.4. The summed E-state index contributed by atoms with van der Waals surface area (Å²) in [5.74, 6) is 0.852. The number of benzene rings is 1. The Kier molecular flexibility index (Phi) is 4.87. The average Bonchev–Trinajstić information content (AvgIpc) is 2.39. The second kappa shape index (κ2) is 6.65. The molecule has 1 fully saturated rings. The van der Waals surface area contributed by atoms with Crippen LogP contribution in [-0.4, -0.2) is 18.3 Å². The Morgan fingerprint density at radius 3 is 2.76 bits per heavy atom. The number of hydrogen-bond acceptors (Lipinski definition) is 2. The molecular formula is C15H23NO. The zero-order valence-electron chi connectivity index (χ0n) is 10.5. The summed E-state index contributed by atoms with van der Waals surface area (Å²) >= 11 is 0. The minimum atomic E-state index is 0.228. The first-order chi connectivity index (χ1) is 8.38. The third-order valence-corrected chi connectivity index (χ3v) is 3.65. The van der Waals surface area contributed by atoms with Crippen molar-refractivity contribution in [3.05, 3.63) is 29.8 Å². The zero-order chi connectivity index (χ0) is 11.9. The van der Waals surface area contributed by atoms with Crippen LogP contribution in [0.25, 0.3) is 0 Å². The third-order valence-electron chi connectivity index (χ3n) is 3.65. The van der Waals surface area contributed by atoms with Gasteiger partial charge in [0, 0.05) is 18.8 Å². The molecule has 0 unspecified atom stereocenters. The second-order valence-corrected chi connectivity index (χ2v) is 5.06. The Hall–Kier alpha value is -1.02. The summed E-state index contributed by atoms with van der Waals surface area (Å²) in [6.45, 7) is 1.33. The van der Waals surface area contributed by atoms with Gasteiger partial charge in [-0.05, 0) is 42.9 Å². The molecule has 1 aliphatic carbocycles. The van der Waals surface area contributed by atoms with E-state index in [4.69, 9.17) is 5.11 Å². The number of aliphatic hydroxyl groups excluding tert-OH is 1. The summed E-state index contributed by atoms with van der Waals surface area (Å²) in [6, 6.07) is 8.40. The number of nitrogens with one attached hydrogen (secondary N) is 1. The van der Waals surface area contributed by atoms with Crippen LogP contribution in [0.15, 0.2) is 24.3 Å². The Labute approximate surface area is 104 Å². The van der Waals surface area contributed by atoms with Gasteiger partial charge in [-0.2, -0.15) is 0 Å². The van der Waals surface area contributed by atoms with E-state index in [9.17, 15) is 0 Å². The van der Waals surface area contributed by atoms with E-state index in [2.05, 4.69) is 29.6 Å². The van der Waals surface area contributed by atoms with Crippen LogP contribution in [0.3, 0.4) is 0 Å². The summed E-state index contributed by atoms with van der Waals surface area (Å²) in [6.07, 6.45) is 7.72. The molecule has 2 nitrogen and oxygen atoms in total. The lowest BCUT2D eigenvalue weighted by Gasteiger charge is -2.22. The molecule has 1 aromatic carbocycles. The maximum atomic E-state index is 8.92. The van der Waals surface area contributed by atoms with Crippen molar-refractivity contribution in [2.75, 3.05) is 18.5 Å². The number of aliphatic hydroxyl groups is 1. The molecule has 0 radical (unpaired) electrons. The SMILES string of the molecule is OCCc1cccc(NCC2CCCCC2)c1. The van der Waals surface area contributed by atoms with Crippen LogP contribution in [0, 0.1) is 5.92 Å². The summed E-state index contributed by atoms with van der Waals surface area (Å²) in [5.41, 5.74) is 2.41. The van der Waals surface area contributed by atoms with Crippen LogP contribution < -0.4 is 5.32 Å². The van der Waals surface area contributed by atoms with Gasteiger partial charge in [-0.25, -0.2) is 0 Å². The molecule has 0 atom stereocenters. The highest BCUT2D eigenvalue weighted by Gasteiger charge is 2.12.